The molecule has 0 spiro atoms. The zero-order valence-electron chi connectivity index (χ0n) is 17.4. The van der Waals surface area contributed by atoms with Crippen LogP contribution in [-0.4, -0.2) is 24.0 Å². The molecule has 7 nitrogen and oxygen atoms in total. The first-order chi connectivity index (χ1) is 15.3. The topological polar surface area (TPSA) is 96.9 Å². The van der Waals surface area contributed by atoms with Crippen LogP contribution in [0.5, 0.6) is 5.75 Å². The van der Waals surface area contributed by atoms with Gasteiger partial charge in [0, 0.05) is 15.7 Å². The molecular weight excluding hydrogens is 474 g/mol. The normalized spacial score (nSPS) is 10.6. The SMILES string of the molecule is Cc1ccc(NC(=O)C(=O)NN=Cc2cc(Br)ccc2OC(=O)c2ccccc2C)cc1. The van der Waals surface area contributed by atoms with Crippen molar-refractivity contribution in [3.8, 4) is 5.75 Å². The van der Waals surface area contributed by atoms with E-state index < -0.39 is 17.8 Å². The summed E-state index contributed by atoms with van der Waals surface area (Å²) in [5.41, 5.74) is 5.36. The molecule has 3 aromatic rings. The molecule has 0 fully saturated rings. The number of benzene rings is 3. The summed E-state index contributed by atoms with van der Waals surface area (Å²) in [5, 5.41) is 6.31. The Hall–Kier alpha value is -3.78. The number of halogens is 1. The fourth-order valence-corrected chi connectivity index (χ4v) is 3.08. The van der Waals surface area contributed by atoms with Crippen LogP contribution in [0.25, 0.3) is 0 Å². The van der Waals surface area contributed by atoms with E-state index in [-0.39, 0.29) is 5.75 Å². The fourth-order valence-electron chi connectivity index (χ4n) is 2.71. The van der Waals surface area contributed by atoms with Crippen molar-refractivity contribution in [1.82, 2.24) is 5.43 Å². The molecule has 2 N–H and O–H groups in total. The van der Waals surface area contributed by atoms with Crippen LogP contribution in [0, 0.1) is 13.8 Å². The summed E-state index contributed by atoms with van der Waals surface area (Å²) >= 11 is 3.35. The van der Waals surface area contributed by atoms with E-state index in [9.17, 15) is 14.4 Å². The molecule has 8 heteroatoms. The number of esters is 1. The van der Waals surface area contributed by atoms with Gasteiger partial charge in [-0.2, -0.15) is 5.10 Å². The molecule has 0 saturated heterocycles. The van der Waals surface area contributed by atoms with E-state index in [1.807, 2.05) is 38.1 Å². The molecule has 0 atom stereocenters. The maximum atomic E-state index is 12.5. The Balaban J connectivity index is 1.67. The summed E-state index contributed by atoms with van der Waals surface area (Å²) in [5.74, 6) is -2.05. The molecule has 0 aromatic heterocycles. The first kappa shape index (κ1) is 22.9. The molecule has 162 valence electrons. The molecular formula is C24H20BrN3O4. The van der Waals surface area contributed by atoms with Crippen molar-refractivity contribution in [2.75, 3.05) is 5.32 Å². The Kier molecular flexibility index (Phi) is 7.51. The Bertz CT molecular complexity index is 1190. The number of ether oxygens (including phenoxy) is 1. The predicted octanol–water partition coefficient (Wildman–Crippen LogP) is 4.37. The van der Waals surface area contributed by atoms with E-state index in [0.29, 0.717) is 16.8 Å². The molecule has 0 aliphatic heterocycles. The standard InChI is InChI=1S/C24H20BrN3O4/c1-15-7-10-19(11-8-15)27-22(29)23(30)28-26-14-17-13-18(25)9-12-21(17)32-24(31)20-6-4-3-5-16(20)2/h3-14H,1-2H3,(H,27,29)(H,28,30). The number of carbonyl (C=O) groups is 3. The van der Waals surface area contributed by atoms with Gasteiger partial charge < -0.3 is 10.1 Å². The molecule has 0 unspecified atom stereocenters. The van der Waals surface area contributed by atoms with E-state index in [2.05, 4.69) is 31.8 Å². The number of carbonyl (C=O) groups excluding carboxylic acids is 3. The van der Waals surface area contributed by atoms with Crippen molar-refractivity contribution < 1.29 is 19.1 Å². The molecule has 0 radical (unpaired) electrons. The lowest BCUT2D eigenvalue weighted by Gasteiger charge is -2.09. The number of anilines is 1. The van der Waals surface area contributed by atoms with E-state index in [4.69, 9.17) is 4.74 Å². The molecule has 0 saturated carbocycles. The largest absolute Gasteiger partial charge is 0.422 e. The van der Waals surface area contributed by atoms with Crippen molar-refractivity contribution in [1.29, 1.82) is 0 Å². The Labute approximate surface area is 193 Å². The predicted molar refractivity (Wildman–Crippen MR) is 126 cm³/mol. The van der Waals surface area contributed by atoms with Gasteiger partial charge in [0.1, 0.15) is 5.75 Å². The second kappa shape index (κ2) is 10.5. The van der Waals surface area contributed by atoms with E-state index in [0.717, 1.165) is 15.6 Å². The fraction of sp³-hybridized carbons (Fsp3) is 0.0833. The van der Waals surface area contributed by atoms with Gasteiger partial charge in [0.2, 0.25) is 0 Å². The molecule has 3 aromatic carbocycles. The smallest absolute Gasteiger partial charge is 0.343 e. The lowest BCUT2D eigenvalue weighted by Crippen LogP contribution is -2.32. The van der Waals surface area contributed by atoms with Gasteiger partial charge in [0.25, 0.3) is 0 Å². The lowest BCUT2D eigenvalue weighted by atomic mass is 10.1. The first-order valence-corrected chi connectivity index (χ1v) is 10.4. The Morgan fingerprint density at radius 3 is 2.38 bits per heavy atom. The third-order valence-electron chi connectivity index (χ3n) is 4.42. The summed E-state index contributed by atoms with van der Waals surface area (Å²) in [4.78, 5) is 36.6. The minimum absolute atomic E-state index is 0.253. The number of hydrogen-bond donors (Lipinski definition) is 2. The third kappa shape index (κ3) is 6.12. The third-order valence-corrected chi connectivity index (χ3v) is 4.92. The second-order valence-electron chi connectivity index (χ2n) is 6.91. The van der Waals surface area contributed by atoms with Crippen molar-refractivity contribution in [2.24, 2.45) is 5.10 Å². The molecule has 0 bridgehead atoms. The zero-order valence-corrected chi connectivity index (χ0v) is 19.0. The highest BCUT2D eigenvalue weighted by Crippen LogP contribution is 2.23. The van der Waals surface area contributed by atoms with E-state index >= 15 is 0 Å². The highest BCUT2D eigenvalue weighted by molar-refractivity contribution is 9.10. The number of nitrogens with zero attached hydrogens (tertiary/aromatic N) is 1. The molecule has 32 heavy (non-hydrogen) atoms. The molecule has 2 amide bonds. The molecule has 3 rings (SSSR count). The zero-order chi connectivity index (χ0) is 23.1. The van der Waals surface area contributed by atoms with Crippen LogP contribution in [0.15, 0.2) is 76.3 Å². The van der Waals surface area contributed by atoms with Crippen LogP contribution in [-0.2, 0) is 9.59 Å². The van der Waals surface area contributed by atoms with Crippen molar-refractivity contribution in [3.05, 3.63) is 93.5 Å². The number of hydrazone groups is 1. The van der Waals surface area contributed by atoms with Gasteiger partial charge in [-0.3, -0.25) is 9.59 Å². The minimum atomic E-state index is -0.935. The van der Waals surface area contributed by atoms with Gasteiger partial charge in [0.05, 0.1) is 11.8 Å². The molecule has 0 heterocycles. The summed E-state index contributed by atoms with van der Waals surface area (Å²) in [6, 6.07) is 19.1. The van der Waals surface area contributed by atoms with Crippen LogP contribution in [0.1, 0.15) is 27.0 Å². The van der Waals surface area contributed by atoms with Gasteiger partial charge in [-0.1, -0.05) is 51.8 Å². The minimum Gasteiger partial charge on any atom is -0.422 e. The average molecular weight is 494 g/mol. The molecule has 0 aliphatic rings. The Morgan fingerprint density at radius 1 is 0.938 bits per heavy atom. The summed E-state index contributed by atoms with van der Waals surface area (Å²) < 4.78 is 6.24. The number of hydrogen-bond acceptors (Lipinski definition) is 5. The highest BCUT2D eigenvalue weighted by Gasteiger charge is 2.15. The number of rotatable bonds is 5. The maximum Gasteiger partial charge on any atom is 0.343 e. The van der Waals surface area contributed by atoms with Gasteiger partial charge in [-0.15, -0.1) is 0 Å². The van der Waals surface area contributed by atoms with E-state index in [1.54, 1.807) is 42.5 Å². The highest BCUT2D eigenvalue weighted by atomic mass is 79.9. The second-order valence-corrected chi connectivity index (χ2v) is 7.82. The molecule has 0 aliphatic carbocycles. The van der Waals surface area contributed by atoms with Gasteiger partial charge in [-0.25, -0.2) is 10.2 Å². The van der Waals surface area contributed by atoms with Crippen LogP contribution in [0.2, 0.25) is 0 Å². The maximum absolute atomic E-state index is 12.5. The first-order valence-electron chi connectivity index (χ1n) is 9.62. The number of nitrogens with one attached hydrogen (secondary N) is 2. The quantitative estimate of drug-likeness (QED) is 0.181. The number of amides is 2. The van der Waals surface area contributed by atoms with Gasteiger partial charge in [-0.05, 0) is 55.8 Å². The van der Waals surface area contributed by atoms with Crippen molar-refractivity contribution >= 4 is 45.6 Å². The summed E-state index contributed by atoms with van der Waals surface area (Å²) in [6.07, 6.45) is 1.29. The lowest BCUT2D eigenvalue weighted by molar-refractivity contribution is -0.136. The van der Waals surface area contributed by atoms with Crippen LogP contribution in [0.4, 0.5) is 5.69 Å². The van der Waals surface area contributed by atoms with E-state index in [1.165, 1.54) is 6.21 Å². The number of aryl methyl sites for hydroxylation is 2. The van der Waals surface area contributed by atoms with Crippen molar-refractivity contribution in [3.63, 3.8) is 0 Å². The average Bonchev–Trinajstić information content (AvgIpc) is 2.77. The van der Waals surface area contributed by atoms with Crippen molar-refractivity contribution in [2.45, 2.75) is 13.8 Å². The van der Waals surface area contributed by atoms with Crippen LogP contribution < -0.4 is 15.5 Å². The Morgan fingerprint density at radius 2 is 1.66 bits per heavy atom. The van der Waals surface area contributed by atoms with Crippen LogP contribution in [0.3, 0.4) is 0 Å². The monoisotopic (exact) mass is 493 g/mol. The van der Waals surface area contributed by atoms with Gasteiger partial charge >= 0.3 is 17.8 Å². The summed E-state index contributed by atoms with van der Waals surface area (Å²) in [7, 11) is 0. The van der Waals surface area contributed by atoms with Gasteiger partial charge in [0.15, 0.2) is 0 Å². The van der Waals surface area contributed by atoms with Crippen LogP contribution >= 0.6 is 15.9 Å². The summed E-state index contributed by atoms with van der Waals surface area (Å²) in [6.45, 7) is 3.74.